The van der Waals surface area contributed by atoms with Crippen LogP contribution in [0.4, 0.5) is 10.8 Å². The molecule has 0 atom stereocenters. The van der Waals surface area contributed by atoms with Gasteiger partial charge in [0, 0.05) is 12.1 Å². The maximum Gasteiger partial charge on any atom is 0.270 e. The number of nitrogens with one attached hydrogen (secondary N) is 1. The SMILES string of the molecule is COc1ccc([N+](=O)[O-])cc1-c1ccc(C=NNc2nc3ccccc3s2)o1. The van der Waals surface area contributed by atoms with Gasteiger partial charge in [-0.25, -0.2) is 4.98 Å². The third-order valence-corrected chi connectivity index (χ3v) is 4.87. The number of hydrogen-bond donors (Lipinski definition) is 1. The Labute approximate surface area is 163 Å². The first-order chi connectivity index (χ1) is 13.6. The molecule has 0 aliphatic carbocycles. The normalized spacial score (nSPS) is 11.2. The minimum atomic E-state index is -0.462. The standard InChI is InChI=1S/C19H14N4O4S/c1-26-16-8-6-12(23(24)25)10-14(16)17-9-7-13(27-17)11-20-22-19-21-15-4-2-3-5-18(15)28-19/h2-11H,1H3,(H,21,22). The maximum absolute atomic E-state index is 11.0. The Balaban J connectivity index is 1.53. The number of ether oxygens (including phenoxy) is 1. The number of furan rings is 1. The van der Waals surface area contributed by atoms with Gasteiger partial charge in [0.25, 0.3) is 5.69 Å². The molecule has 0 spiro atoms. The van der Waals surface area contributed by atoms with Crippen molar-refractivity contribution < 1.29 is 14.1 Å². The Hall–Kier alpha value is -3.72. The number of hydrazone groups is 1. The van der Waals surface area contributed by atoms with E-state index in [1.807, 2.05) is 24.3 Å². The average Bonchev–Trinajstić information content (AvgIpc) is 3.34. The van der Waals surface area contributed by atoms with Gasteiger partial charge in [0.15, 0.2) is 0 Å². The van der Waals surface area contributed by atoms with E-state index in [0.29, 0.717) is 28.0 Å². The minimum Gasteiger partial charge on any atom is -0.496 e. The van der Waals surface area contributed by atoms with Crippen LogP contribution < -0.4 is 10.2 Å². The van der Waals surface area contributed by atoms with E-state index in [2.05, 4.69) is 15.5 Å². The molecule has 4 aromatic rings. The zero-order valence-corrected chi connectivity index (χ0v) is 15.5. The van der Waals surface area contributed by atoms with Crippen LogP contribution in [0.1, 0.15) is 5.76 Å². The topological polar surface area (TPSA) is 103 Å². The summed E-state index contributed by atoms with van der Waals surface area (Å²) >= 11 is 1.50. The molecule has 0 saturated carbocycles. The zero-order valence-electron chi connectivity index (χ0n) is 14.7. The lowest BCUT2D eigenvalue weighted by molar-refractivity contribution is -0.384. The van der Waals surface area contributed by atoms with Crippen molar-refractivity contribution in [1.82, 2.24) is 4.98 Å². The van der Waals surface area contributed by atoms with Gasteiger partial charge in [0.05, 0.1) is 34.0 Å². The molecule has 2 heterocycles. The molecule has 2 aromatic carbocycles. The van der Waals surface area contributed by atoms with Crippen molar-refractivity contribution in [2.75, 3.05) is 12.5 Å². The number of nitro groups is 1. The van der Waals surface area contributed by atoms with Gasteiger partial charge < -0.3 is 9.15 Å². The summed E-state index contributed by atoms with van der Waals surface area (Å²) in [4.78, 5) is 15.0. The van der Waals surface area contributed by atoms with Gasteiger partial charge in [-0.05, 0) is 30.3 Å². The predicted molar refractivity (Wildman–Crippen MR) is 108 cm³/mol. The molecule has 0 saturated heterocycles. The summed E-state index contributed by atoms with van der Waals surface area (Å²) in [7, 11) is 1.50. The fourth-order valence-corrected chi connectivity index (χ4v) is 3.46. The molecule has 140 valence electrons. The number of hydrogen-bond acceptors (Lipinski definition) is 8. The molecule has 4 rings (SSSR count). The summed E-state index contributed by atoms with van der Waals surface area (Å²) < 4.78 is 12.1. The molecule has 28 heavy (non-hydrogen) atoms. The summed E-state index contributed by atoms with van der Waals surface area (Å²) in [5.74, 6) is 1.41. The van der Waals surface area contributed by atoms with Gasteiger partial charge in [0.1, 0.15) is 17.3 Å². The van der Waals surface area contributed by atoms with Gasteiger partial charge in [-0.2, -0.15) is 5.10 Å². The number of para-hydroxylation sites is 1. The lowest BCUT2D eigenvalue weighted by atomic mass is 10.1. The number of nitro benzene ring substituents is 1. The van der Waals surface area contributed by atoms with E-state index < -0.39 is 4.92 Å². The summed E-state index contributed by atoms with van der Waals surface area (Å²) in [5.41, 5.74) is 4.24. The Kier molecular flexibility index (Phi) is 4.73. The average molecular weight is 394 g/mol. The van der Waals surface area contributed by atoms with Gasteiger partial charge in [-0.15, -0.1) is 0 Å². The summed E-state index contributed by atoms with van der Waals surface area (Å²) in [5, 5.41) is 15.8. The number of fused-ring (bicyclic) bond motifs is 1. The highest BCUT2D eigenvalue weighted by atomic mass is 32.1. The molecule has 8 nitrogen and oxygen atoms in total. The second-order valence-corrected chi connectivity index (χ2v) is 6.73. The molecular formula is C19H14N4O4S. The van der Waals surface area contributed by atoms with Crippen LogP contribution in [0.2, 0.25) is 0 Å². The quantitative estimate of drug-likeness (QED) is 0.283. The van der Waals surface area contributed by atoms with E-state index in [4.69, 9.17) is 9.15 Å². The van der Waals surface area contributed by atoms with Crippen LogP contribution in [0.15, 0.2) is 64.1 Å². The van der Waals surface area contributed by atoms with Crippen molar-refractivity contribution in [2.45, 2.75) is 0 Å². The van der Waals surface area contributed by atoms with E-state index in [-0.39, 0.29) is 5.69 Å². The Morgan fingerprint density at radius 3 is 2.89 bits per heavy atom. The first-order valence-corrected chi connectivity index (χ1v) is 9.03. The number of aromatic nitrogens is 1. The molecule has 9 heteroatoms. The fraction of sp³-hybridized carbons (Fsp3) is 0.0526. The molecule has 0 bridgehead atoms. The molecule has 0 amide bonds. The van der Waals surface area contributed by atoms with Crippen LogP contribution in [-0.2, 0) is 0 Å². The number of thiazole rings is 1. The Bertz CT molecular complexity index is 1150. The number of methoxy groups -OCH3 is 1. The van der Waals surface area contributed by atoms with Crippen LogP contribution in [0.3, 0.4) is 0 Å². The van der Waals surface area contributed by atoms with Gasteiger partial charge in [0.2, 0.25) is 5.13 Å². The van der Waals surface area contributed by atoms with E-state index in [1.165, 1.54) is 36.8 Å². The predicted octanol–water partition coefficient (Wildman–Crippen LogP) is 4.92. The van der Waals surface area contributed by atoms with Crippen molar-refractivity contribution >= 4 is 38.6 Å². The minimum absolute atomic E-state index is 0.0417. The highest BCUT2D eigenvalue weighted by Crippen LogP contribution is 2.34. The first-order valence-electron chi connectivity index (χ1n) is 8.21. The lowest BCUT2D eigenvalue weighted by Crippen LogP contribution is -1.92. The van der Waals surface area contributed by atoms with Crippen LogP contribution in [0.5, 0.6) is 5.75 Å². The van der Waals surface area contributed by atoms with Crippen molar-refractivity contribution in [3.63, 3.8) is 0 Å². The first kappa shape index (κ1) is 17.7. The number of benzene rings is 2. The maximum atomic E-state index is 11.0. The number of non-ortho nitro benzene ring substituents is 1. The monoisotopic (exact) mass is 394 g/mol. The van der Waals surface area contributed by atoms with Crippen LogP contribution in [0, 0.1) is 10.1 Å². The van der Waals surface area contributed by atoms with Crippen molar-refractivity contribution in [3.05, 3.63) is 70.5 Å². The second kappa shape index (κ2) is 7.49. The Morgan fingerprint density at radius 1 is 1.25 bits per heavy atom. The third kappa shape index (κ3) is 3.55. The summed E-state index contributed by atoms with van der Waals surface area (Å²) in [6, 6.07) is 15.6. The second-order valence-electron chi connectivity index (χ2n) is 5.70. The lowest BCUT2D eigenvalue weighted by Gasteiger charge is -2.05. The van der Waals surface area contributed by atoms with E-state index in [9.17, 15) is 10.1 Å². The van der Waals surface area contributed by atoms with Crippen LogP contribution in [-0.4, -0.2) is 23.2 Å². The zero-order chi connectivity index (χ0) is 19.5. The van der Waals surface area contributed by atoms with Crippen LogP contribution in [0.25, 0.3) is 21.5 Å². The third-order valence-electron chi connectivity index (χ3n) is 3.93. The summed E-state index contributed by atoms with van der Waals surface area (Å²) in [6.45, 7) is 0. The molecule has 0 radical (unpaired) electrons. The fourth-order valence-electron chi connectivity index (χ4n) is 2.64. The largest absolute Gasteiger partial charge is 0.496 e. The molecule has 2 aromatic heterocycles. The summed E-state index contributed by atoms with van der Waals surface area (Å²) in [6.07, 6.45) is 1.51. The van der Waals surface area contributed by atoms with E-state index in [0.717, 1.165) is 10.2 Å². The number of rotatable bonds is 6. The highest BCUT2D eigenvalue weighted by Gasteiger charge is 2.15. The number of nitrogens with zero attached hydrogens (tertiary/aromatic N) is 3. The van der Waals surface area contributed by atoms with Crippen molar-refractivity contribution in [3.8, 4) is 17.1 Å². The Morgan fingerprint density at radius 2 is 2.11 bits per heavy atom. The van der Waals surface area contributed by atoms with Crippen molar-refractivity contribution in [1.29, 1.82) is 0 Å². The molecule has 0 unspecified atom stereocenters. The number of anilines is 1. The van der Waals surface area contributed by atoms with Crippen LogP contribution >= 0.6 is 11.3 Å². The molecular weight excluding hydrogens is 380 g/mol. The molecule has 1 N–H and O–H groups in total. The van der Waals surface area contributed by atoms with Gasteiger partial charge in [-0.3, -0.25) is 15.5 Å². The van der Waals surface area contributed by atoms with Crippen molar-refractivity contribution in [2.24, 2.45) is 5.10 Å². The molecule has 0 aliphatic rings. The smallest absolute Gasteiger partial charge is 0.270 e. The van der Waals surface area contributed by atoms with Gasteiger partial charge >= 0.3 is 0 Å². The molecule has 0 fully saturated rings. The van der Waals surface area contributed by atoms with E-state index >= 15 is 0 Å². The molecule has 0 aliphatic heterocycles. The van der Waals surface area contributed by atoms with Gasteiger partial charge in [-0.1, -0.05) is 23.5 Å². The highest BCUT2D eigenvalue weighted by molar-refractivity contribution is 7.22. The van der Waals surface area contributed by atoms with E-state index in [1.54, 1.807) is 18.2 Å².